The molecule has 14 heteroatoms. The van der Waals surface area contributed by atoms with Gasteiger partial charge in [-0.3, -0.25) is 14.4 Å². The third-order valence-electron chi connectivity index (χ3n) is 13.7. The lowest BCUT2D eigenvalue weighted by molar-refractivity contribution is -0.302. The number of nitrogens with zero attached hydrogens (tertiary/aromatic N) is 1. The molecule has 3 aliphatic heterocycles. The number of cyclic esters (lactones) is 1. The van der Waals surface area contributed by atoms with E-state index in [1.165, 1.54) is 19.1 Å². The number of amides is 1. The second kappa shape index (κ2) is 21.7. The Labute approximate surface area is 372 Å². The number of hydrogen-bond acceptors (Lipinski definition) is 12. The van der Waals surface area contributed by atoms with Crippen LogP contribution in [0.2, 0.25) is 5.02 Å². The number of allylic oxidation sites excluding steroid dienone is 3. The van der Waals surface area contributed by atoms with Gasteiger partial charge >= 0.3 is 5.97 Å². The molecule has 1 aliphatic carbocycles. The highest BCUT2D eigenvalue weighted by Gasteiger charge is 2.56. The number of methoxy groups -OCH3 is 2. The van der Waals surface area contributed by atoms with E-state index in [0.717, 1.165) is 5.57 Å². The molecule has 1 saturated carbocycles. The Morgan fingerprint density at radius 1 is 0.984 bits per heavy atom. The first-order chi connectivity index (χ1) is 29.3. The molecule has 3 fully saturated rings. The molecule has 11 atom stereocenters. The van der Waals surface area contributed by atoms with Gasteiger partial charge in [-0.25, -0.2) is 4.79 Å². The van der Waals surface area contributed by atoms with E-state index < -0.39 is 83.5 Å². The molecule has 13 nitrogen and oxygen atoms in total. The predicted octanol–water partition coefficient (Wildman–Crippen LogP) is 6.91. The number of Topliss-reactive ketones (excluding diaryl/α,β-unsaturated/α-hetero) is 2. The summed E-state index contributed by atoms with van der Waals surface area (Å²) in [4.78, 5) is 58.1. The molecule has 2 saturated heterocycles. The molecule has 0 spiro atoms. The van der Waals surface area contributed by atoms with E-state index in [-0.39, 0.29) is 43.4 Å². The molecule has 0 aromatic heterocycles. The molecule has 3 heterocycles. The summed E-state index contributed by atoms with van der Waals surface area (Å²) in [6, 6.07) is 5.72. The van der Waals surface area contributed by atoms with Crippen molar-refractivity contribution in [3.63, 3.8) is 0 Å². The van der Waals surface area contributed by atoms with Crippen LogP contribution < -0.4 is 4.74 Å². The number of piperidine rings is 1. The fraction of sp³-hybridized carbons (Fsp3) is 0.708. The minimum absolute atomic E-state index is 0.0237. The van der Waals surface area contributed by atoms with Gasteiger partial charge in [0.05, 0.1) is 18.3 Å². The first-order valence-corrected chi connectivity index (χ1v) is 23.0. The average molecular weight is 889 g/mol. The van der Waals surface area contributed by atoms with Crippen LogP contribution in [0, 0.1) is 29.6 Å². The largest absolute Gasteiger partial charge is 0.463 e. The van der Waals surface area contributed by atoms with Crippen molar-refractivity contribution in [1.29, 1.82) is 0 Å². The summed E-state index contributed by atoms with van der Waals surface area (Å²) in [5, 5.41) is 35.6. The van der Waals surface area contributed by atoms with E-state index in [1.54, 1.807) is 38.1 Å². The van der Waals surface area contributed by atoms with Crippen LogP contribution in [-0.2, 0) is 38.1 Å². The fourth-order valence-corrected chi connectivity index (χ4v) is 10.1. The Morgan fingerprint density at radius 2 is 1.66 bits per heavy atom. The third-order valence-corrected chi connectivity index (χ3v) is 13.9. The molecule has 1 aromatic carbocycles. The lowest BCUT2D eigenvalue weighted by Crippen LogP contribution is -2.64. The SMILES string of the molecule is CCC1/C=C(\C)CC(C)CC(OC)C2OC(O)(C(=O)C(=O)N3CCCCC3C(=O)OC(C(C)=CC3CCC(O)(Oc4cccc(Cl)c4)CC3)C(C)C(O)CC1=O)C(C)CC2OC. The molecular formula is C48H70ClNO12. The predicted molar refractivity (Wildman–Crippen MR) is 233 cm³/mol. The van der Waals surface area contributed by atoms with Gasteiger partial charge in [0.15, 0.2) is 0 Å². The third kappa shape index (κ3) is 11.9. The van der Waals surface area contributed by atoms with E-state index in [2.05, 4.69) is 0 Å². The van der Waals surface area contributed by atoms with Crippen molar-refractivity contribution >= 4 is 35.0 Å². The van der Waals surface area contributed by atoms with Crippen molar-refractivity contribution in [3.8, 4) is 5.75 Å². The lowest BCUT2D eigenvalue weighted by atomic mass is 9.81. The first-order valence-electron chi connectivity index (χ1n) is 22.6. The standard InChI is InChI=1S/C48H70ClNO12/c1-9-34-22-28(2)21-29(3)23-40(58-7)43-41(59-8)25-31(5)48(57,62-43)44(53)45(54)50-20-11-10-15-37(50)46(55)60-42(32(6)38(51)27-39(34)52)30(4)24-33-16-18-47(56,19-17-33)61-36-14-12-13-35(49)26-36/h12-14,22,24,26,29,31-34,37-38,40-43,51,56-57H,9-11,15-21,23,25,27H2,1-8H3/b28-22+,30-24?. The molecule has 0 radical (unpaired) electrons. The van der Waals surface area contributed by atoms with Gasteiger partial charge in [-0.2, -0.15) is 0 Å². The van der Waals surface area contributed by atoms with Gasteiger partial charge in [-0.1, -0.05) is 63.1 Å². The number of rotatable bonds is 7. The first kappa shape index (κ1) is 49.8. The van der Waals surface area contributed by atoms with Crippen molar-refractivity contribution in [2.24, 2.45) is 29.6 Å². The van der Waals surface area contributed by atoms with Crippen molar-refractivity contribution in [3.05, 3.63) is 52.6 Å². The van der Waals surface area contributed by atoms with Crippen molar-refractivity contribution < 1.29 is 58.2 Å². The summed E-state index contributed by atoms with van der Waals surface area (Å²) < 4.78 is 30.3. The zero-order valence-electron chi connectivity index (χ0n) is 37.8. The summed E-state index contributed by atoms with van der Waals surface area (Å²) >= 11 is 6.14. The number of halogens is 1. The Balaban J connectivity index is 1.47. The van der Waals surface area contributed by atoms with Gasteiger partial charge in [0.1, 0.15) is 29.8 Å². The normalized spacial score (nSPS) is 38.6. The summed E-state index contributed by atoms with van der Waals surface area (Å²) in [7, 11) is 3.06. The minimum Gasteiger partial charge on any atom is -0.463 e. The summed E-state index contributed by atoms with van der Waals surface area (Å²) in [5.74, 6) is -8.59. The van der Waals surface area contributed by atoms with Gasteiger partial charge in [0.25, 0.3) is 11.7 Å². The van der Waals surface area contributed by atoms with Gasteiger partial charge in [-0.15, -0.1) is 0 Å². The number of hydrogen-bond donors (Lipinski definition) is 3. The zero-order valence-corrected chi connectivity index (χ0v) is 38.6. The molecule has 2 bridgehead atoms. The van der Waals surface area contributed by atoms with E-state index in [0.29, 0.717) is 74.1 Å². The number of benzene rings is 1. The Morgan fingerprint density at radius 3 is 2.31 bits per heavy atom. The molecule has 4 aliphatic rings. The topological polar surface area (TPSA) is 178 Å². The highest BCUT2D eigenvalue weighted by molar-refractivity contribution is 6.39. The quantitative estimate of drug-likeness (QED) is 0.112. The maximum absolute atomic E-state index is 14.4. The van der Waals surface area contributed by atoms with Crippen LogP contribution in [0.4, 0.5) is 0 Å². The van der Waals surface area contributed by atoms with Crippen molar-refractivity contribution in [1.82, 2.24) is 4.90 Å². The molecule has 1 amide bonds. The summed E-state index contributed by atoms with van der Waals surface area (Å²) in [6.07, 6.45) is 4.45. The van der Waals surface area contributed by atoms with Crippen LogP contribution >= 0.6 is 11.6 Å². The van der Waals surface area contributed by atoms with Crippen LogP contribution in [-0.4, -0.2) is 113 Å². The number of esters is 1. The van der Waals surface area contributed by atoms with Gasteiger partial charge < -0.3 is 43.9 Å². The van der Waals surface area contributed by atoms with Crippen molar-refractivity contribution in [2.45, 2.75) is 167 Å². The van der Waals surface area contributed by atoms with Gasteiger partial charge in [0, 0.05) is 62.8 Å². The minimum atomic E-state index is -2.52. The number of ketones is 2. The van der Waals surface area contributed by atoms with Crippen LogP contribution in [0.5, 0.6) is 5.75 Å². The highest BCUT2D eigenvalue weighted by atomic mass is 35.5. The summed E-state index contributed by atoms with van der Waals surface area (Å²) in [6.45, 7) is 11.2. The van der Waals surface area contributed by atoms with Gasteiger partial charge in [0.2, 0.25) is 11.6 Å². The van der Waals surface area contributed by atoms with E-state index in [4.69, 9.17) is 35.3 Å². The van der Waals surface area contributed by atoms with Crippen LogP contribution in [0.15, 0.2) is 47.6 Å². The fourth-order valence-electron chi connectivity index (χ4n) is 9.95. The summed E-state index contributed by atoms with van der Waals surface area (Å²) in [5.41, 5.74) is 1.63. The van der Waals surface area contributed by atoms with E-state index in [1.807, 2.05) is 39.8 Å². The van der Waals surface area contributed by atoms with Crippen LogP contribution in [0.3, 0.4) is 0 Å². The second-order valence-electron chi connectivity index (χ2n) is 18.6. The number of carbonyl (C=O) groups is 4. The maximum Gasteiger partial charge on any atom is 0.329 e. The second-order valence-corrected chi connectivity index (χ2v) is 19.0. The van der Waals surface area contributed by atoms with E-state index in [9.17, 15) is 34.5 Å². The Hall–Kier alpha value is -3.17. The number of aliphatic hydroxyl groups excluding tert-OH is 1. The number of aliphatic hydroxyl groups is 3. The van der Waals surface area contributed by atoms with Gasteiger partial charge in [-0.05, 0) is 107 Å². The Kier molecular flexibility index (Phi) is 17.4. The Bertz CT molecular complexity index is 1790. The van der Waals surface area contributed by atoms with Crippen molar-refractivity contribution in [2.75, 3.05) is 20.8 Å². The maximum atomic E-state index is 14.4. The molecule has 62 heavy (non-hydrogen) atoms. The van der Waals surface area contributed by atoms with Crippen LogP contribution in [0.25, 0.3) is 0 Å². The molecular weight excluding hydrogens is 818 g/mol. The zero-order chi connectivity index (χ0) is 45.5. The highest BCUT2D eigenvalue weighted by Crippen LogP contribution is 2.40. The number of ether oxygens (including phenoxy) is 5. The monoisotopic (exact) mass is 887 g/mol. The molecule has 346 valence electrons. The average Bonchev–Trinajstić information content (AvgIpc) is 3.24. The smallest absolute Gasteiger partial charge is 0.329 e. The lowest BCUT2D eigenvalue weighted by Gasteiger charge is -2.47. The molecule has 3 N–H and O–H groups in total. The number of fused-ring (bicyclic) bond motifs is 3. The molecule has 5 rings (SSSR count). The van der Waals surface area contributed by atoms with Crippen LogP contribution in [0.1, 0.15) is 119 Å². The molecule has 11 unspecified atom stereocenters. The number of carbonyl (C=O) groups excluding carboxylic acids is 4. The van der Waals surface area contributed by atoms with E-state index >= 15 is 0 Å². The molecule has 1 aromatic rings.